The van der Waals surface area contributed by atoms with Crippen LogP contribution in [0.2, 0.25) is 0 Å². The molecule has 2 nitrogen and oxygen atoms in total. The standard InChI is InChI=1S/C13H18N2/c14-9-3-4-10-15-11-5-7-12-6-1-2-8-13(12)15/h1-4,6,8H,5,7,9-11,14H2. The zero-order chi connectivity index (χ0) is 10.5. The van der Waals surface area contributed by atoms with E-state index < -0.39 is 0 Å². The first-order valence-electron chi connectivity index (χ1n) is 5.60. The van der Waals surface area contributed by atoms with E-state index in [1.807, 2.05) is 6.08 Å². The van der Waals surface area contributed by atoms with Crippen molar-refractivity contribution in [1.82, 2.24) is 0 Å². The second kappa shape index (κ2) is 4.99. The van der Waals surface area contributed by atoms with Crippen LogP contribution in [0.1, 0.15) is 12.0 Å². The smallest absolute Gasteiger partial charge is 0.0401 e. The molecule has 2 heteroatoms. The zero-order valence-corrected chi connectivity index (χ0v) is 9.02. The molecular weight excluding hydrogens is 184 g/mol. The molecule has 1 aliphatic rings. The van der Waals surface area contributed by atoms with Crippen LogP contribution in [-0.2, 0) is 6.42 Å². The summed E-state index contributed by atoms with van der Waals surface area (Å²) in [5.41, 5.74) is 8.30. The minimum atomic E-state index is 0.634. The fourth-order valence-corrected chi connectivity index (χ4v) is 2.10. The number of hydrogen-bond acceptors (Lipinski definition) is 2. The van der Waals surface area contributed by atoms with Crippen molar-refractivity contribution in [1.29, 1.82) is 0 Å². The minimum Gasteiger partial charge on any atom is -0.368 e. The van der Waals surface area contributed by atoms with Gasteiger partial charge in [0.15, 0.2) is 0 Å². The topological polar surface area (TPSA) is 29.3 Å². The van der Waals surface area contributed by atoms with E-state index in [9.17, 15) is 0 Å². The lowest BCUT2D eigenvalue weighted by molar-refractivity contribution is 0.722. The number of nitrogens with two attached hydrogens (primary N) is 1. The molecule has 2 N–H and O–H groups in total. The first-order valence-corrected chi connectivity index (χ1v) is 5.60. The van der Waals surface area contributed by atoms with Crippen molar-refractivity contribution in [3.63, 3.8) is 0 Å². The Balaban J connectivity index is 2.11. The van der Waals surface area contributed by atoms with Gasteiger partial charge >= 0.3 is 0 Å². The molecule has 0 atom stereocenters. The maximum absolute atomic E-state index is 5.43. The summed E-state index contributed by atoms with van der Waals surface area (Å²) in [6, 6.07) is 8.68. The molecule has 1 aromatic rings. The van der Waals surface area contributed by atoms with Crippen LogP contribution >= 0.6 is 0 Å². The Morgan fingerprint density at radius 2 is 2.13 bits per heavy atom. The summed E-state index contributed by atoms with van der Waals surface area (Å²) in [5.74, 6) is 0. The number of fused-ring (bicyclic) bond motifs is 1. The number of aryl methyl sites for hydroxylation is 1. The Hall–Kier alpha value is -1.28. The Bertz CT molecular complexity index is 344. The summed E-state index contributed by atoms with van der Waals surface area (Å²) in [6.07, 6.45) is 6.65. The summed E-state index contributed by atoms with van der Waals surface area (Å²) in [4.78, 5) is 2.42. The van der Waals surface area contributed by atoms with Gasteiger partial charge in [0.1, 0.15) is 0 Å². The maximum Gasteiger partial charge on any atom is 0.0401 e. The van der Waals surface area contributed by atoms with E-state index in [4.69, 9.17) is 5.73 Å². The fourth-order valence-electron chi connectivity index (χ4n) is 2.10. The molecule has 0 saturated carbocycles. The lowest BCUT2D eigenvalue weighted by atomic mass is 10.0. The van der Waals surface area contributed by atoms with Gasteiger partial charge in [-0.25, -0.2) is 0 Å². The van der Waals surface area contributed by atoms with Crippen LogP contribution < -0.4 is 10.6 Å². The van der Waals surface area contributed by atoms with Crippen molar-refractivity contribution in [3.05, 3.63) is 42.0 Å². The summed E-state index contributed by atoms with van der Waals surface area (Å²) < 4.78 is 0. The highest BCUT2D eigenvalue weighted by Gasteiger charge is 2.14. The first kappa shape index (κ1) is 10.2. The van der Waals surface area contributed by atoms with Crippen molar-refractivity contribution in [2.24, 2.45) is 5.73 Å². The van der Waals surface area contributed by atoms with E-state index in [0.29, 0.717) is 6.54 Å². The quantitative estimate of drug-likeness (QED) is 0.759. The van der Waals surface area contributed by atoms with Crippen molar-refractivity contribution >= 4 is 5.69 Å². The first-order chi connectivity index (χ1) is 7.42. The zero-order valence-electron chi connectivity index (χ0n) is 9.02. The predicted octanol–water partition coefficient (Wildman–Crippen LogP) is 1.95. The van der Waals surface area contributed by atoms with Gasteiger partial charge in [-0.1, -0.05) is 30.4 Å². The second-order valence-corrected chi connectivity index (χ2v) is 3.89. The average Bonchev–Trinajstić information content (AvgIpc) is 2.30. The molecule has 1 aromatic carbocycles. The lowest BCUT2D eigenvalue weighted by Crippen LogP contribution is -2.29. The van der Waals surface area contributed by atoms with Gasteiger partial charge in [0, 0.05) is 25.3 Å². The van der Waals surface area contributed by atoms with Crippen molar-refractivity contribution in [2.75, 3.05) is 24.5 Å². The number of hydrogen-bond donors (Lipinski definition) is 1. The van der Waals surface area contributed by atoms with Crippen molar-refractivity contribution < 1.29 is 0 Å². The van der Waals surface area contributed by atoms with Crippen LogP contribution in [0.3, 0.4) is 0 Å². The molecule has 0 aliphatic carbocycles. The van der Waals surface area contributed by atoms with Crippen LogP contribution in [0.15, 0.2) is 36.4 Å². The SMILES string of the molecule is NCC=CCN1CCCc2ccccc21. The highest BCUT2D eigenvalue weighted by Crippen LogP contribution is 2.26. The Labute approximate surface area is 91.4 Å². The van der Waals surface area contributed by atoms with Crippen molar-refractivity contribution in [3.8, 4) is 0 Å². The molecule has 0 saturated heterocycles. The second-order valence-electron chi connectivity index (χ2n) is 3.89. The fraction of sp³-hybridized carbons (Fsp3) is 0.385. The molecule has 0 fully saturated rings. The van der Waals surface area contributed by atoms with Gasteiger partial charge in [0.2, 0.25) is 0 Å². The van der Waals surface area contributed by atoms with E-state index in [2.05, 4.69) is 35.2 Å². The van der Waals surface area contributed by atoms with Gasteiger partial charge in [-0.3, -0.25) is 0 Å². The van der Waals surface area contributed by atoms with Crippen LogP contribution in [0, 0.1) is 0 Å². The number of nitrogens with zero attached hydrogens (tertiary/aromatic N) is 1. The number of anilines is 1. The largest absolute Gasteiger partial charge is 0.368 e. The molecule has 15 heavy (non-hydrogen) atoms. The Kier molecular flexibility index (Phi) is 3.41. The van der Waals surface area contributed by atoms with Gasteiger partial charge in [-0.15, -0.1) is 0 Å². The summed E-state index contributed by atoms with van der Waals surface area (Å²) in [6.45, 7) is 2.77. The highest BCUT2D eigenvalue weighted by atomic mass is 15.1. The maximum atomic E-state index is 5.43. The molecule has 0 unspecified atom stereocenters. The molecule has 0 aromatic heterocycles. The van der Waals surface area contributed by atoms with E-state index in [-0.39, 0.29) is 0 Å². The third-order valence-electron chi connectivity index (χ3n) is 2.83. The third-order valence-corrected chi connectivity index (χ3v) is 2.83. The van der Waals surface area contributed by atoms with E-state index >= 15 is 0 Å². The van der Waals surface area contributed by atoms with E-state index in [1.165, 1.54) is 24.1 Å². The monoisotopic (exact) mass is 202 g/mol. The van der Waals surface area contributed by atoms with Crippen LogP contribution in [0.5, 0.6) is 0 Å². The van der Waals surface area contributed by atoms with E-state index in [1.54, 1.807) is 0 Å². The molecule has 2 rings (SSSR count). The summed E-state index contributed by atoms with van der Waals surface area (Å²) >= 11 is 0. The van der Waals surface area contributed by atoms with E-state index in [0.717, 1.165) is 13.1 Å². The Morgan fingerprint density at radius 1 is 1.27 bits per heavy atom. The predicted molar refractivity (Wildman–Crippen MR) is 65.2 cm³/mol. The van der Waals surface area contributed by atoms with Gasteiger partial charge in [0.25, 0.3) is 0 Å². The number of para-hydroxylation sites is 1. The Morgan fingerprint density at radius 3 is 3.00 bits per heavy atom. The molecule has 0 radical (unpaired) electrons. The third kappa shape index (κ3) is 2.39. The van der Waals surface area contributed by atoms with Crippen LogP contribution in [0.4, 0.5) is 5.69 Å². The van der Waals surface area contributed by atoms with Crippen molar-refractivity contribution in [2.45, 2.75) is 12.8 Å². The van der Waals surface area contributed by atoms with Crippen LogP contribution in [0.25, 0.3) is 0 Å². The molecule has 0 bridgehead atoms. The molecule has 0 spiro atoms. The molecule has 0 amide bonds. The van der Waals surface area contributed by atoms with Gasteiger partial charge in [0.05, 0.1) is 0 Å². The minimum absolute atomic E-state index is 0.634. The summed E-state index contributed by atoms with van der Waals surface area (Å²) in [7, 11) is 0. The van der Waals surface area contributed by atoms with Gasteiger partial charge in [-0.2, -0.15) is 0 Å². The molecule has 1 heterocycles. The highest BCUT2D eigenvalue weighted by molar-refractivity contribution is 5.55. The van der Waals surface area contributed by atoms with Gasteiger partial charge in [-0.05, 0) is 24.5 Å². The average molecular weight is 202 g/mol. The molecule has 1 aliphatic heterocycles. The number of benzene rings is 1. The summed E-state index contributed by atoms with van der Waals surface area (Å²) in [5, 5.41) is 0. The molecule has 80 valence electrons. The number of rotatable bonds is 3. The normalized spacial score (nSPS) is 15.7. The van der Waals surface area contributed by atoms with Gasteiger partial charge < -0.3 is 10.6 Å². The van der Waals surface area contributed by atoms with Crippen LogP contribution in [-0.4, -0.2) is 19.6 Å². The lowest BCUT2D eigenvalue weighted by Gasteiger charge is -2.30. The molecular formula is C13H18N2.